The normalized spacial score (nSPS) is 12.0. The second-order valence-corrected chi connectivity index (χ2v) is 5.55. The highest BCUT2D eigenvalue weighted by Crippen LogP contribution is 2.15. The fourth-order valence-electron chi connectivity index (χ4n) is 2.31. The second-order valence-electron chi connectivity index (χ2n) is 5.55. The molecule has 1 aromatic carbocycles. The molecule has 0 radical (unpaired) electrons. The summed E-state index contributed by atoms with van der Waals surface area (Å²) in [7, 11) is 0. The van der Waals surface area contributed by atoms with E-state index in [1.54, 1.807) is 6.92 Å². The molecule has 0 bridgehead atoms. The van der Waals surface area contributed by atoms with Crippen LogP contribution >= 0.6 is 0 Å². The first-order chi connectivity index (χ1) is 12.2. The van der Waals surface area contributed by atoms with Gasteiger partial charge in [-0.15, -0.1) is 0 Å². The first-order valence-corrected chi connectivity index (χ1v) is 8.32. The van der Waals surface area contributed by atoms with E-state index in [9.17, 15) is 9.18 Å². The smallest absolute Gasteiger partial charge is 0.237 e. The van der Waals surface area contributed by atoms with Gasteiger partial charge in [0.2, 0.25) is 12.4 Å². The molecule has 7 heteroatoms. The average molecular weight is 346 g/mol. The van der Waals surface area contributed by atoms with Gasteiger partial charge in [0.15, 0.2) is 0 Å². The summed E-state index contributed by atoms with van der Waals surface area (Å²) < 4.78 is 20.7. The Hall–Kier alpha value is -2.54. The van der Waals surface area contributed by atoms with Crippen LogP contribution in [0, 0.1) is 0 Å². The van der Waals surface area contributed by atoms with E-state index in [1.165, 1.54) is 11.9 Å². The topological polar surface area (TPSA) is 69.0 Å². The molecule has 2 aromatic rings. The number of rotatable bonds is 10. The van der Waals surface area contributed by atoms with Crippen LogP contribution in [0.1, 0.15) is 37.8 Å². The molecule has 1 aromatic heterocycles. The van der Waals surface area contributed by atoms with Crippen LogP contribution in [0.5, 0.6) is 0 Å². The molecule has 0 saturated heterocycles. The minimum absolute atomic E-state index is 0.0438. The Morgan fingerprint density at radius 1 is 1.28 bits per heavy atom. The Balaban J connectivity index is 1.95. The maximum Gasteiger partial charge on any atom is 0.237 e. The Morgan fingerprint density at radius 2 is 2.00 bits per heavy atom. The van der Waals surface area contributed by atoms with Gasteiger partial charge >= 0.3 is 0 Å². The monoisotopic (exact) mass is 346 g/mol. The van der Waals surface area contributed by atoms with Crippen molar-refractivity contribution in [2.75, 3.05) is 11.9 Å². The minimum atomic E-state index is -0.348. The van der Waals surface area contributed by atoms with Gasteiger partial charge in [-0.3, -0.25) is 4.79 Å². The molecule has 0 amide bonds. The van der Waals surface area contributed by atoms with E-state index >= 15 is 0 Å². The van der Waals surface area contributed by atoms with Gasteiger partial charge in [0.05, 0.1) is 18.9 Å². The van der Waals surface area contributed by atoms with Crippen LogP contribution in [0.25, 0.3) is 0 Å². The number of allylic oxidation sites excluding steroid dienone is 1. The van der Waals surface area contributed by atoms with Crippen LogP contribution in [0.15, 0.2) is 42.1 Å². The molecule has 2 rings (SSSR count). The van der Waals surface area contributed by atoms with E-state index in [2.05, 4.69) is 34.5 Å². The summed E-state index contributed by atoms with van der Waals surface area (Å²) in [6.07, 6.45) is 4.09. The molecule has 0 aliphatic heterocycles. The lowest BCUT2D eigenvalue weighted by Gasteiger charge is -2.12. The van der Waals surface area contributed by atoms with E-state index in [0.717, 1.165) is 23.1 Å². The van der Waals surface area contributed by atoms with Crippen LogP contribution in [-0.2, 0) is 22.6 Å². The molecule has 134 valence electrons. The molecular weight excluding hydrogens is 323 g/mol. The van der Waals surface area contributed by atoms with Crippen LogP contribution in [0.3, 0.4) is 0 Å². The van der Waals surface area contributed by atoms with Crippen molar-refractivity contribution in [3.8, 4) is 0 Å². The van der Waals surface area contributed by atoms with Crippen molar-refractivity contribution >= 4 is 12.4 Å². The van der Waals surface area contributed by atoms with Crippen molar-refractivity contribution in [1.29, 1.82) is 0 Å². The summed E-state index contributed by atoms with van der Waals surface area (Å²) >= 11 is 0. The summed E-state index contributed by atoms with van der Waals surface area (Å²) in [5, 5.41) is 6.49. The minimum Gasteiger partial charge on any atom is -0.370 e. The van der Waals surface area contributed by atoms with E-state index in [4.69, 9.17) is 4.74 Å². The number of benzene rings is 1. The zero-order chi connectivity index (χ0) is 18.1. The first kappa shape index (κ1) is 18.8. The largest absolute Gasteiger partial charge is 0.370 e. The highest BCUT2D eigenvalue weighted by molar-refractivity contribution is 5.57. The second kappa shape index (κ2) is 9.68. The zero-order valence-corrected chi connectivity index (χ0v) is 14.5. The number of ether oxygens (including phenoxy) is 1. The fourth-order valence-corrected chi connectivity index (χ4v) is 2.31. The lowest BCUT2D eigenvalue weighted by molar-refractivity contribution is 0.141. The summed E-state index contributed by atoms with van der Waals surface area (Å²) in [4.78, 5) is 14.8. The van der Waals surface area contributed by atoms with Gasteiger partial charge in [-0.25, -0.2) is 4.39 Å². The van der Waals surface area contributed by atoms with Gasteiger partial charge in [-0.2, -0.15) is 14.8 Å². The molecule has 25 heavy (non-hydrogen) atoms. The molecule has 0 aliphatic carbocycles. The number of carbonyl (C=O) groups excluding carboxylic acids is 1. The van der Waals surface area contributed by atoms with Crippen LogP contribution in [-0.4, -0.2) is 27.8 Å². The number of aryl methyl sites for hydroxylation is 1. The molecule has 0 spiro atoms. The molecule has 1 N–H and O–H groups in total. The highest BCUT2D eigenvalue weighted by Gasteiger charge is 2.11. The predicted octanol–water partition coefficient (Wildman–Crippen LogP) is 3.49. The third-order valence-electron chi connectivity index (χ3n) is 3.65. The Bertz CT molecular complexity index is 710. The maximum atomic E-state index is 14.1. The van der Waals surface area contributed by atoms with Crippen molar-refractivity contribution in [2.24, 2.45) is 0 Å². The van der Waals surface area contributed by atoms with Crippen LogP contribution < -0.4 is 5.32 Å². The molecule has 0 atom stereocenters. The van der Waals surface area contributed by atoms with E-state index in [0.29, 0.717) is 13.0 Å². The lowest BCUT2D eigenvalue weighted by Crippen LogP contribution is -2.14. The highest BCUT2D eigenvalue weighted by atomic mass is 19.1. The Labute approximate surface area is 146 Å². The number of halogens is 1. The van der Waals surface area contributed by atoms with Gasteiger partial charge in [-0.1, -0.05) is 44.5 Å². The number of hydrogen-bond donors (Lipinski definition) is 1. The molecule has 0 unspecified atom stereocenters. The van der Waals surface area contributed by atoms with Gasteiger partial charge < -0.3 is 10.1 Å². The van der Waals surface area contributed by atoms with E-state index in [1.807, 2.05) is 12.1 Å². The lowest BCUT2D eigenvalue weighted by atomic mass is 10.1. The SMILES string of the molecule is CCCc1ccc(COC/C(Nc2ncnn2C=O)=C(\F)CC)cc1. The van der Waals surface area contributed by atoms with Gasteiger partial charge in [0, 0.05) is 0 Å². The number of nitrogens with one attached hydrogen (secondary N) is 1. The predicted molar refractivity (Wildman–Crippen MR) is 94.3 cm³/mol. The van der Waals surface area contributed by atoms with Crippen molar-refractivity contribution in [3.05, 3.63) is 53.2 Å². The quantitative estimate of drug-likeness (QED) is 0.667. The van der Waals surface area contributed by atoms with Gasteiger partial charge in [0.1, 0.15) is 12.2 Å². The summed E-state index contributed by atoms with van der Waals surface area (Å²) in [5.41, 5.74) is 2.55. The third-order valence-corrected chi connectivity index (χ3v) is 3.65. The number of carbonyl (C=O) groups is 1. The number of aromatic nitrogens is 3. The van der Waals surface area contributed by atoms with Crippen molar-refractivity contribution < 1.29 is 13.9 Å². The van der Waals surface area contributed by atoms with Gasteiger partial charge in [0.25, 0.3) is 0 Å². The number of anilines is 1. The maximum absolute atomic E-state index is 14.1. The van der Waals surface area contributed by atoms with Gasteiger partial charge in [-0.05, 0) is 24.0 Å². The van der Waals surface area contributed by atoms with Crippen LogP contribution in [0.4, 0.5) is 10.3 Å². The fraction of sp³-hybridized carbons (Fsp3) is 0.389. The first-order valence-electron chi connectivity index (χ1n) is 8.32. The van der Waals surface area contributed by atoms with Crippen molar-refractivity contribution in [1.82, 2.24) is 14.8 Å². The molecule has 6 nitrogen and oxygen atoms in total. The summed E-state index contributed by atoms with van der Waals surface area (Å²) in [5.74, 6) is -0.195. The Morgan fingerprint density at radius 3 is 2.64 bits per heavy atom. The summed E-state index contributed by atoms with van der Waals surface area (Å²) in [6.45, 7) is 4.26. The Kier molecular flexibility index (Phi) is 7.28. The molecule has 0 fully saturated rings. The van der Waals surface area contributed by atoms with E-state index < -0.39 is 0 Å². The van der Waals surface area contributed by atoms with Crippen LogP contribution in [0.2, 0.25) is 0 Å². The molecular formula is C18H23FN4O2. The van der Waals surface area contributed by atoms with E-state index in [-0.39, 0.29) is 30.5 Å². The summed E-state index contributed by atoms with van der Waals surface area (Å²) in [6, 6.07) is 8.19. The zero-order valence-electron chi connectivity index (χ0n) is 14.5. The number of hydrogen-bond acceptors (Lipinski definition) is 5. The average Bonchev–Trinajstić information content (AvgIpc) is 3.09. The molecule has 0 aliphatic rings. The molecule has 1 heterocycles. The molecule has 0 saturated carbocycles. The third kappa shape index (κ3) is 5.49. The standard InChI is InChI=1S/C18H23FN4O2/c1-3-5-14-6-8-15(9-7-14)10-25-11-17(16(19)4-2)22-18-20-12-21-23(18)13-24/h6-9,12-13H,3-5,10-11H2,1-2H3,(H,20,21,22)/b17-16+. The number of nitrogens with zero attached hydrogens (tertiary/aromatic N) is 3. The van der Waals surface area contributed by atoms with Crippen molar-refractivity contribution in [3.63, 3.8) is 0 Å². The van der Waals surface area contributed by atoms with Crippen molar-refractivity contribution in [2.45, 2.75) is 39.7 Å².